The number of aromatic hydroxyl groups is 1. The molecular formula is C12H18N2O2. The number of nitrogens with one attached hydrogen (secondary N) is 1. The molecule has 0 bridgehead atoms. The number of rotatable bonds is 4. The lowest BCUT2D eigenvalue weighted by atomic mass is 10.00. The van der Waals surface area contributed by atoms with E-state index in [1.807, 2.05) is 13.8 Å². The third-order valence-electron chi connectivity index (χ3n) is 2.17. The van der Waals surface area contributed by atoms with Crippen molar-refractivity contribution in [2.45, 2.75) is 32.2 Å². The predicted octanol–water partition coefficient (Wildman–Crippen LogP) is 1.85. The van der Waals surface area contributed by atoms with Gasteiger partial charge in [-0.15, -0.1) is 0 Å². The van der Waals surface area contributed by atoms with Crippen molar-refractivity contribution >= 4 is 11.6 Å². The fourth-order valence-corrected chi connectivity index (χ4v) is 1.23. The Bertz CT molecular complexity index is 370. The minimum absolute atomic E-state index is 0.0721. The van der Waals surface area contributed by atoms with Crippen LogP contribution < -0.4 is 11.1 Å². The van der Waals surface area contributed by atoms with Gasteiger partial charge in [0, 0.05) is 12.0 Å². The Morgan fingerprint density at radius 2 is 2.06 bits per heavy atom. The van der Waals surface area contributed by atoms with Crippen molar-refractivity contribution in [3.8, 4) is 5.75 Å². The molecule has 0 aliphatic rings. The zero-order chi connectivity index (χ0) is 12.2. The summed E-state index contributed by atoms with van der Waals surface area (Å²) in [5.41, 5.74) is 5.86. The molecule has 1 amide bonds. The summed E-state index contributed by atoms with van der Waals surface area (Å²) in [4.78, 5) is 11.5. The third-order valence-corrected chi connectivity index (χ3v) is 2.17. The molecule has 0 atom stereocenters. The number of hydrogen-bond acceptors (Lipinski definition) is 3. The van der Waals surface area contributed by atoms with Crippen LogP contribution >= 0.6 is 0 Å². The summed E-state index contributed by atoms with van der Waals surface area (Å²) >= 11 is 0. The molecule has 0 radical (unpaired) electrons. The van der Waals surface area contributed by atoms with Gasteiger partial charge in [-0.3, -0.25) is 4.79 Å². The first-order valence-electron chi connectivity index (χ1n) is 5.25. The van der Waals surface area contributed by atoms with Gasteiger partial charge in [0.05, 0.1) is 5.69 Å². The van der Waals surface area contributed by atoms with E-state index in [4.69, 9.17) is 5.73 Å². The minimum Gasteiger partial charge on any atom is -0.506 e. The van der Waals surface area contributed by atoms with Crippen LogP contribution in [0.3, 0.4) is 0 Å². The van der Waals surface area contributed by atoms with Crippen LogP contribution in [0, 0.1) is 0 Å². The van der Waals surface area contributed by atoms with Gasteiger partial charge in [0.2, 0.25) is 5.91 Å². The molecule has 0 aliphatic carbocycles. The Labute approximate surface area is 95.5 Å². The van der Waals surface area contributed by atoms with Gasteiger partial charge < -0.3 is 16.2 Å². The number of amides is 1. The van der Waals surface area contributed by atoms with E-state index in [1.54, 1.807) is 18.2 Å². The van der Waals surface area contributed by atoms with Crippen molar-refractivity contribution in [3.63, 3.8) is 0 Å². The summed E-state index contributed by atoms with van der Waals surface area (Å²) in [6, 6.07) is 6.64. The van der Waals surface area contributed by atoms with E-state index in [9.17, 15) is 9.90 Å². The number of para-hydroxylation sites is 2. The molecule has 1 rings (SSSR count). The smallest absolute Gasteiger partial charge is 0.224 e. The number of nitrogens with two attached hydrogens (primary N) is 1. The second-order valence-corrected chi connectivity index (χ2v) is 4.55. The topological polar surface area (TPSA) is 75.4 Å². The highest BCUT2D eigenvalue weighted by atomic mass is 16.3. The summed E-state index contributed by atoms with van der Waals surface area (Å²) in [6.45, 7) is 3.75. The molecule has 4 heteroatoms. The molecule has 16 heavy (non-hydrogen) atoms. The highest BCUT2D eigenvalue weighted by Gasteiger charge is 2.13. The first-order chi connectivity index (χ1) is 7.38. The standard InChI is InChI=1S/C12H18N2O2/c1-12(2,13)8-7-11(16)14-9-5-3-4-6-10(9)15/h3-6,15H,7-8,13H2,1-2H3,(H,14,16). The Kier molecular flexibility index (Phi) is 3.90. The van der Waals surface area contributed by atoms with Crippen molar-refractivity contribution in [2.75, 3.05) is 5.32 Å². The quantitative estimate of drug-likeness (QED) is 0.680. The molecule has 0 spiro atoms. The van der Waals surface area contributed by atoms with E-state index in [2.05, 4.69) is 5.32 Å². The number of carbonyl (C=O) groups excluding carboxylic acids is 1. The van der Waals surface area contributed by atoms with Crippen LogP contribution in [-0.2, 0) is 4.79 Å². The van der Waals surface area contributed by atoms with Crippen molar-refractivity contribution in [1.29, 1.82) is 0 Å². The molecule has 0 fully saturated rings. The highest BCUT2D eigenvalue weighted by molar-refractivity contribution is 5.92. The van der Waals surface area contributed by atoms with Crippen LogP contribution in [0.5, 0.6) is 5.75 Å². The molecule has 4 N–H and O–H groups in total. The Morgan fingerprint density at radius 3 is 2.62 bits per heavy atom. The molecule has 4 nitrogen and oxygen atoms in total. The van der Waals surface area contributed by atoms with Crippen molar-refractivity contribution in [1.82, 2.24) is 0 Å². The number of carbonyl (C=O) groups is 1. The number of hydrogen-bond donors (Lipinski definition) is 3. The molecule has 0 heterocycles. The van der Waals surface area contributed by atoms with Crippen LogP contribution in [0.15, 0.2) is 24.3 Å². The largest absolute Gasteiger partial charge is 0.506 e. The van der Waals surface area contributed by atoms with Gasteiger partial charge in [0.25, 0.3) is 0 Å². The fourth-order valence-electron chi connectivity index (χ4n) is 1.23. The second-order valence-electron chi connectivity index (χ2n) is 4.55. The molecule has 88 valence electrons. The van der Waals surface area contributed by atoms with E-state index in [0.717, 1.165) is 0 Å². The fraction of sp³-hybridized carbons (Fsp3) is 0.417. The summed E-state index contributed by atoms with van der Waals surface area (Å²) in [6.07, 6.45) is 0.949. The van der Waals surface area contributed by atoms with E-state index in [-0.39, 0.29) is 17.2 Å². The molecule has 0 aliphatic heterocycles. The number of phenols is 1. The number of benzene rings is 1. The van der Waals surface area contributed by atoms with E-state index < -0.39 is 0 Å². The average molecular weight is 222 g/mol. The lowest BCUT2D eigenvalue weighted by Crippen LogP contribution is -2.33. The Balaban J connectivity index is 2.50. The van der Waals surface area contributed by atoms with Crippen LogP contribution in [0.1, 0.15) is 26.7 Å². The van der Waals surface area contributed by atoms with Crippen molar-refractivity contribution in [3.05, 3.63) is 24.3 Å². The maximum absolute atomic E-state index is 11.5. The molecule has 1 aromatic carbocycles. The number of anilines is 1. The lowest BCUT2D eigenvalue weighted by Gasteiger charge is -2.17. The normalized spacial score (nSPS) is 11.2. The molecule has 0 saturated carbocycles. The summed E-state index contributed by atoms with van der Waals surface area (Å²) < 4.78 is 0. The van der Waals surface area contributed by atoms with E-state index in [1.165, 1.54) is 6.07 Å². The van der Waals surface area contributed by atoms with Crippen molar-refractivity contribution in [2.24, 2.45) is 5.73 Å². The van der Waals surface area contributed by atoms with Crippen LogP contribution in [0.2, 0.25) is 0 Å². The first-order valence-corrected chi connectivity index (χ1v) is 5.25. The van der Waals surface area contributed by atoms with Crippen LogP contribution in [0.4, 0.5) is 5.69 Å². The molecular weight excluding hydrogens is 204 g/mol. The molecule has 0 saturated heterocycles. The van der Waals surface area contributed by atoms with Crippen molar-refractivity contribution < 1.29 is 9.90 Å². The zero-order valence-electron chi connectivity index (χ0n) is 9.66. The minimum atomic E-state index is -0.351. The molecule has 0 unspecified atom stereocenters. The van der Waals surface area contributed by atoms with Gasteiger partial charge in [-0.1, -0.05) is 12.1 Å². The lowest BCUT2D eigenvalue weighted by molar-refractivity contribution is -0.116. The van der Waals surface area contributed by atoms with Gasteiger partial charge in [-0.2, -0.15) is 0 Å². The third kappa shape index (κ3) is 4.31. The Morgan fingerprint density at radius 1 is 1.44 bits per heavy atom. The van der Waals surface area contributed by atoms with Gasteiger partial charge >= 0.3 is 0 Å². The van der Waals surface area contributed by atoms with E-state index >= 15 is 0 Å². The second kappa shape index (κ2) is 4.99. The van der Waals surface area contributed by atoms with Gasteiger partial charge in [0.15, 0.2) is 0 Å². The van der Waals surface area contributed by atoms with E-state index in [0.29, 0.717) is 18.5 Å². The van der Waals surface area contributed by atoms with Crippen LogP contribution in [-0.4, -0.2) is 16.6 Å². The van der Waals surface area contributed by atoms with Gasteiger partial charge in [0.1, 0.15) is 5.75 Å². The maximum Gasteiger partial charge on any atom is 0.224 e. The Hall–Kier alpha value is -1.55. The monoisotopic (exact) mass is 222 g/mol. The zero-order valence-corrected chi connectivity index (χ0v) is 9.66. The molecule has 0 aromatic heterocycles. The maximum atomic E-state index is 11.5. The van der Waals surface area contributed by atoms with Crippen LogP contribution in [0.25, 0.3) is 0 Å². The summed E-state index contributed by atoms with van der Waals surface area (Å²) in [7, 11) is 0. The summed E-state index contributed by atoms with van der Waals surface area (Å²) in [5.74, 6) is -0.0668. The highest BCUT2D eigenvalue weighted by Crippen LogP contribution is 2.21. The molecule has 1 aromatic rings. The number of phenolic OH excluding ortho intramolecular Hbond substituents is 1. The predicted molar refractivity (Wildman–Crippen MR) is 64.2 cm³/mol. The SMILES string of the molecule is CC(C)(N)CCC(=O)Nc1ccccc1O. The average Bonchev–Trinajstić information content (AvgIpc) is 2.18. The first kappa shape index (κ1) is 12.5. The van der Waals surface area contributed by atoms with Gasteiger partial charge in [-0.25, -0.2) is 0 Å². The van der Waals surface area contributed by atoms with Gasteiger partial charge in [-0.05, 0) is 32.4 Å². The summed E-state index contributed by atoms with van der Waals surface area (Å²) in [5, 5.41) is 12.1.